The molecule has 1 aromatic rings. The van der Waals surface area contributed by atoms with Gasteiger partial charge in [0.1, 0.15) is 0 Å². The molecule has 1 rings (SSSR count). The van der Waals surface area contributed by atoms with Crippen LogP contribution in [0.2, 0.25) is 0 Å². The Bertz CT molecular complexity index is 281. The van der Waals surface area contributed by atoms with Crippen molar-refractivity contribution in [2.45, 2.75) is 26.2 Å². The third kappa shape index (κ3) is 2.29. The third-order valence-corrected chi connectivity index (χ3v) is 2.32. The summed E-state index contributed by atoms with van der Waals surface area (Å²) in [4.78, 5) is 4.72. The van der Waals surface area contributed by atoms with E-state index in [1.165, 1.54) is 11.1 Å². The van der Waals surface area contributed by atoms with Crippen LogP contribution in [-0.2, 0) is 10.3 Å². The molecule has 1 aromatic carbocycles. The molecule has 0 bridgehead atoms. The minimum Gasteiger partial charge on any atom is -0.304 e. The molecular formula is C11H17NO. The fourth-order valence-electron chi connectivity index (χ4n) is 1.62. The molecule has 72 valence electrons. The van der Waals surface area contributed by atoms with Crippen molar-refractivity contribution in [2.24, 2.45) is 5.90 Å². The van der Waals surface area contributed by atoms with Gasteiger partial charge in [0, 0.05) is 5.41 Å². The first kappa shape index (κ1) is 10.2. The minimum absolute atomic E-state index is 0.0138. The first-order chi connectivity index (χ1) is 6.08. The van der Waals surface area contributed by atoms with E-state index in [0.717, 1.165) is 0 Å². The molecule has 0 amide bonds. The van der Waals surface area contributed by atoms with Gasteiger partial charge in [-0.15, -0.1) is 0 Å². The second kappa shape index (κ2) is 3.90. The molecule has 0 saturated carbocycles. The maximum Gasteiger partial charge on any atom is 0.0770 e. The number of hydrogen-bond acceptors (Lipinski definition) is 2. The fourth-order valence-corrected chi connectivity index (χ4v) is 1.62. The van der Waals surface area contributed by atoms with Gasteiger partial charge in [0.15, 0.2) is 0 Å². The van der Waals surface area contributed by atoms with Crippen LogP contribution in [0.15, 0.2) is 24.3 Å². The van der Waals surface area contributed by atoms with Gasteiger partial charge in [-0.05, 0) is 18.1 Å². The van der Waals surface area contributed by atoms with Crippen LogP contribution in [0.25, 0.3) is 0 Å². The Balaban J connectivity index is 2.99. The van der Waals surface area contributed by atoms with Gasteiger partial charge in [0.25, 0.3) is 0 Å². The average Bonchev–Trinajstić information content (AvgIpc) is 2.04. The van der Waals surface area contributed by atoms with Crippen LogP contribution in [0.5, 0.6) is 0 Å². The Morgan fingerprint density at radius 3 is 2.46 bits per heavy atom. The third-order valence-electron chi connectivity index (χ3n) is 2.32. The highest BCUT2D eigenvalue weighted by molar-refractivity contribution is 5.32. The van der Waals surface area contributed by atoms with Gasteiger partial charge in [-0.1, -0.05) is 38.1 Å². The van der Waals surface area contributed by atoms with E-state index in [2.05, 4.69) is 32.9 Å². The summed E-state index contributed by atoms with van der Waals surface area (Å²) >= 11 is 0. The molecule has 0 fully saturated rings. The lowest BCUT2D eigenvalue weighted by Gasteiger charge is -2.25. The highest BCUT2D eigenvalue weighted by Crippen LogP contribution is 2.25. The van der Waals surface area contributed by atoms with Crippen LogP contribution in [0, 0.1) is 6.92 Å². The van der Waals surface area contributed by atoms with Crippen molar-refractivity contribution in [2.75, 3.05) is 6.61 Å². The topological polar surface area (TPSA) is 35.2 Å². The summed E-state index contributed by atoms with van der Waals surface area (Å²) < 4.78 is 0. The standard InChI is InChI=1S/C11H17NO/c1-9-6-4-5-7-10(9)11(2,3)8-13-12/h4-7H,8,12H2,1-3H3. The van der Waals surface area contributed by atoms with E-state index in [1.807, 2.05) is 12.1 Å². The molecule has 0 aliphatic rings. The van der Waals surface area contributed by atoms with Crippen LogP contribution in [-0.4, -0.2) is 6.61 Å². The number of rotatable bonds is 3. The second-order valence-electron chi connectivity index (χ2n) is 4.01. The number of aryl methyl sites for hydroxylation is 1. The summed E-state index contributed by atoms with van der Waals surface area (Å²) in [6, 6.07) is 8.31. The van der Waals surface area contributed by atoms with Crippen molar-refractivity contribution in [3.8, 4) is 0 Å². The van der Waals surface area contributed by atoms with Crippen LogP contribution in [0.3, 0.4) is 0 Å². The zero-order valence-electron chi connectivity index (χ0n) is 8.50. The predicted molar refractivity (Wildman–Crippen MR) is 54.3 cm³/mol. The summed E-state index contributed by atoms with van der Waals surface area (Å²) in [6.07, 6.45) is 0. The van der Waals surface area contributed by atoms with Crippen LogP contribution in [0.4, 0.5) is 0 Å². The van der Waals surface area contributed by atoms with Crippen molar-refractivity contribution in [3.05, 3.63) is 35.4 Å². The molecule has 0 unspecified atom stereocenters. The Labute approximate surface area is 79.7 Å². The van der Waals surface area contributed by atoms with Gasteiger partial charge in [-0.25, -0.2) is 5.90 Å². The molecule has 13 heavy (non-hydrogen) atoms. The number of benzene rings is 1. The molecule has 0 aliphatic carbocycles. The predicted octanol–water partition coefficient (Wildman–Crippen LogP) is 2.16. The van der Waals surface area contributed by atoms with E-state index in [9.17, 15) is 0 Å². The maximum atomic E-state index is 5.10. The first-order valence-electron chi connectivity index (χ1n) is 4.46. The van der Waals surface area contributed by atoms with Crippen LogP contribution >= 0.6 is 0 Å². The zero-order chi connectivity index (χ0) is 9.90. The van der Waals surface area contributed by atoms with Gasteiger partial charge >= 0.3 is 0 Å². The van der Waals surface area contributed by atoms with E-state index < -0.39 is 0 Å². The van der Waals surface area contributed by atoms with E-state index in [0.29, 0.717) is 6.61 Å². The van der Waals surface area contributed by atoms with Crippen molar-refractivity contribution in [1.29, 1.82) is 0 Å². The smallest absolute Gasteiger partial charge is 0.0770 e. The molecule has 0 heterocycles. The number of nitrogens with two attached hydrogens (primary N) is 1. The minimum atomic E-state index is -0.0138. The molecule has 2 heteroatoms. The molecule has 0 spiro atoms. The SMILES string of the molecule is Cc1ccccc1C(C)(C)CON. The zero-order valence-corrected chi connectivity index (χ0v) is 8.50. The number of hydrogen-bond donors (Lipinski definition) is 1. The van der Waals surface area contributed by atoms with Gasteiger partial charge in [0.2, 0.25) is 0 Å². The lowest BCUT2D eigenvalue weighted by atomic mass is 9.83. The van der Waals surface area contributed by atoms with E-state index in [1.54, 1.807) is 0 Å². The first-order valence-corrected chi connectivity index (χ1v) is 4.46. The molecule has 0 atom stereocenters. The molecule has 2 N–H and O–H groups in total. The van der Waals surface area contributed by atoms with Crippen molar-refractivity contribution < 1.29 is 4.84 Å². The van der Waals surface area contributed by atoms with Gasteiger partial charge in [0.05, 0.1) is 6.61 Å². The van der Waals surface area contributed by atoms with Gasteiger partial charge in [-0.3, -0.25) is 0 Å². The second-order valence-corrected chi connectivity index (χ2v) is 4.01. The van der Waals surface area contributed by atoms with E-state index in [4.69, 9.17) is 10.7 Å². The Morgan fingerprint density at radius 2 is 1.92 bits per heavy atom. The monoisotopic (exact) mass is 179 g/mol. The summed E-state index contributed by atoms with van der Waals surface area (Å²) in [7, 11) is 0. The Morgan fingerprint density at radius 1 is 1.31 bits per heavy atom. The molecular weight excluding hydrogens is 162 g/mol. The fraction of sp³-hybridized carbons (Fsp3) is 0.455. The van der Waals surface area contributed by atoms with E-state index >= 15 is 0 Å². The quantitative estimate of drug-likeness (QED) is 0.722. The van der Waals surface area contributed by atoms with Crippen molar-refractivity contribution in [1.82, 2.24) is 0 Å². The highest BCUT2D eigenvalue weighted by Gasteiger charge is 2.21. The Kier molecular flexibility index (Phi) is 3.07. The Hall–Kier alpha value is -0.860. The lowest BCUT2D eigenvalue weighted by molar-refractivity contribution is 0.0962. The maximum absolute atomic E-state index is 5.10. The molecule has 0 aromatic heterocycles. The van der Waals surface area contributed by atoms with Gasteiger partial charge < -0.3 is 4.84 Å². The average molecular weight is 179 g/mol. The van der Waals surface area contributed by atoms with E-state index in [-0.39, 0.29) is 5.41 Å². The molecule has 2 nitrogen and oxygen atoms in total. The summed E-state index contributed by atoms with van der Waals surface area (Å²) in [6.45, 7) is 6.90. The molecule has 0 saturated heterocycles. The largest absolute Gasteiger partial charge is 0.304 e. The van der Waals surface area contributed by atoms with Gasteiger partial charge in [-0.2, -0.15) is 0 Å². The summed E-state index contributed by atoms with van der Waals surface area (Å²) in [5.74, 6) is 5.10. The van der Waals surface area contributed by atoms with Crippen molar-refractivity contribution >= 4 is 0 Å². The lowest BCUT2D eigenvalue weighted by Crippen LogP contribution is -2.27. The highest BCUT2D eigenvalue weighted by atomic mass is 16.6. The molecule has 0 radical (unpaired) electrons. The van der Waals surface area contributed by atoms with Crippen LogP contribution in [0.1, 0.15) is 25.0 Å². The van der Waals surface area contributed by atoms with Crippen molar-refractivity contribution in [3.63, 3.8) is 0 Å². The van der Waals surface area contributed by atoms with Crippen LogP contribution < -0.4 is 5.90 Å². The summed E-state index contributed by atoms with van der Waals surface area (Å²) in [5.41, 5.74) is 2.56. The molecule has 0 aliphatic heterocycles. The normalized spacial score (nSPS) is 11.7. The summed E-state index contributed by atoms with van der Waals surface area (Å²) in [5, 5.41) is 0.